The summed E-state index contributed by atoms with van der Waals surface area (Å²) in [6.07, 6.45) is 1.01. The highest BCUT2D eigenvalue weighted by Crippen LogP contribution is 2.16. The second-order valence-corrected chi connectivity index (χ2v) is 3.47. The fourth-order valence-corrected chi connectivity index (χ4v) is 1.86. The molecular formula is C6H13NOS. The van der Waals surface area contributed by atoms with Gasteiger partial charge in [0.1, 0.15) is 0 Å². The van der Waals surface area contributed by atoms with E-state index < -0.39 is 0 Å². The topological polar surface area (TPSA) is 32.3 Å². The van der Waals surface area contributed by atoms with Gasteiger partial charge in [-0.15, -0.1) is 0 Å². The van der Waals surface area contributed by atoms with Crippen LogP contribution in [0.1, 0.15) is 13.3 Å². The van der Waals surface area contributed by atoms with Crippen molar-refractivity contribution in [3.63, 3.8) is 0 Å². The summed E-state index contributed by atoms with van der Waals surface area (Å²) < 4.78 is 3.17. The lowest BCUT2D eigenvalue weighted by molar-refractivity contribution is 0.124. The number of hydrogen-bond acceptors (Lipinski definition) is 3. The SMILES string of the molecule is CC(O)C1CCSNC1. The fraction of sp³-hybridized carbons (Fsp3) is 1.00. The minimum Gasteiger partial charge on any atom is -0.393 e. The molecule has 0 amide bonds. The quantitative estimate of drug-likeness (QED) is 0.533. The molecule has 1 heterocycles. The Kier molecular flexibility index (Phi) is 2.82. The molecule has 2 N–H and O–H groups in total. The summed E-state index contributed by atoms with van der Waals surface area (Å²) in [4.78, 5) is 0. The van der Waals surface area contributed by atoms with Crippen molar-refractivity contribution in [1.29, 1.82) is 0 Å². The fourth-order valence-electron chi connectivity index (χ4n) is 0.962. The van der Waals surface area contributed by atoms with Crippen LogP contribution in [0.3, 0.4) is 0 Å². The van der Waals surface area contributed by atoms with E-state index in [1.54, 1.807) is 11.9 Å². The van der Waals surface area contributed by atoms with Crippen molar-refractivity contribution in [2.75, 3.05) is 12.3 Å². The molecule has 2 nitrogen and oxygen atoms in total. The Bertz CT molecular complexity index is 81.1. The van der Waals surface area contributed by atoms with Gasteiger partial charge in [0.15, 0.2) is 0 Å². The van der Waals surface area contributed by atoms with Gasteiger partial charge >= 0.3 is 0 Å². The maximum atomic E-state index is 9.13. The molecule has 0 aromatic rings. The lowest BCUT2D eigenvalue weighted by Gasteiger charge is -2.23. The molecule has 2 atom stereocenters. The average molecular weight is 147 g/mol. The Morgan fingerprint density at radius 2 is 2.56 bits per heavy atom. The summed E-state index contributed by atoms with van der Waals surface area (Å²) in [5.74, 6) is 1.61. The van der Waals surface area contributed by atoms with Gasteiger partial charge in [-0.05, 0) is 19.3 Å². The van der Waals surface area contributed by atoms with E-state index in [2.05, 4.69) is 4.72 Å². The van der Waals surface area contributed by atoms with Gasteiger partial charge in [-0.25, -0.2) is 0 Å². The normalized spacial score (nSPS) is 32.0. The van der Waals surface area contributed by atoms with Gasteiger partial charge < -0.3 is 5.11 Å². The third-order valence-corrected chi connectivity index (χ3v) is 2.53. The summed E-state index contributed by atoms with van der Waals surface area (Å²) in [6.45, 7) is 2.82. The zero-order chi connectivity index (χ0) is 6.69. The highest BCUT2D eigenvalue weighted by molar-refractivity contribution is 7.97. The number of hydrogen-bond donors (Lipinski definition) is 2. The molecule has 1 aliphatic rings. The van der Waals surface area contributed by atoms with Crippen molar-refractivity contribution in [1.82, 2.24) is 4.72 Å². The van der Waals surface area contributed by atoms with E-state index in [4.69, 9.17) is 5.11 Å². The average Bonchev–Trinajstić information content (AvgIpc) is 1.90. The van der Waals surface area contributed by atoms with E-state index in [1.165, 1.54) is 0 Å². The first-order valence-electron chi connectivity index (χ1n) is 3.33. The van der Waals surface area contributed by atoms with Gasteiger partial charge in [0, 0.05) is 12.3 Å². The number of rotatable bonds is 1. The van der Waals surface area contributed by atoms with Crippen LogP contribution in [0.15, 0.2) is 0 Å². The monoisotopic (exact) mass is 147 g/mol. The second kappa shape index (κ2) is 3.44. The van der Waals surface area contributed by atoms with Crippen LogP contribution in [0.4, 0.5) is 0 Å². The lowest BCUT2D eigenvalue weighted by Crippen LogP contribution is -2.31. The third-order valence-electron chi connectivity index (χ3n) is 1.72. The van der Waals surface area contributed by atoms with Gasteiger partial charge in [0.05, 0.1) is 6.10 Å². The number of aliphatic hydroxyl groups excluding tert-OH is 1. The predicted octanol–water partition coefficient (Wildman–Crippen LogP) is 0.625. The van der Waals surface area contributed by atoms with E-state index in [9.17, 15) is 0 Å². The van der Waals surface area contributed by atoms with Crippen LogP contribution >= 0.6 is 11.9 Å². The summed E-state index contributed by atoms with van der Waals surface area (Å²) >= 11 is 1.75. The van der Waals surface area contributed by atoms with Crippen LogP contribution in [-0.2, 0) is 0 Å². The summed E-state index contributed by atoms with van der Waals surface area (Å²) in [5, 5.41) is 9.13. The van der Waals surface area contributed by atoms with E-state index in [-0.39, 0.29) is 6.10 Å². The molecule has 54 valence electrons. The molecule has 1 rings (SSSR count). The Morgan fingerprint density at radius 1 is 1.78 bits per heavy atom. The van der Waals surface area contributed by atoms with Gasteiger partial charge in [0.2, 0.25) is 0 Å². The molecule has 1 fully saturated rings. The van der Waals surface area contributed by atoms with Crippen molar-refractivity contribution in [2.45, 2.75) is 19.4 Å². The van der Waals surface area contributed by atoms with Crippen LogP contribution in [0.25, 0.3) is 0 Å². The van der Waals surface area contributed by atoms with Crippen molar-refractivity contribution in [3.8, 4) is 0 Å². The van der Waals surface area contributed by atoms with Gasteiger partial charge in [-0.3, -0.25) is 4.72 Å². The number of aliphatic hydroxyl groups is 1. The molecule has 1 aliphatic heterocycles. The first-order valence-corrected chi connectivity index (χ1v) is 4.32. The molecule has 0 aromatic heterocycles. The van der Waals surface area contributed by atoms with Crippen LogP contribution in [-0.4, -0.2) is 23.5 Å². The van der Waals surface area contributed by atoms with Gasteiger partial charge in [-0.1, -0.05) is 11.9 Å². The minimum absolute atomic E-state index is 0.140. The molecular weight excluding hydrogens is 134 g/mol. The molecule has 2 unspecified atom stereocenters. The zero-order valence-corrected chi connectivity index (χ0v) is 6.45. The van der Waals surface area contributed by atoms with Crippen molar-refractivity contribution in [3.05, 3.63) is 0 Å². The summed E-state index contributed by atoms with van der Waals surface area (Å²) in [5.41, 5.74) is 0. The predicted molar refractivity (Wildman–Crippen MR) is 40.2 cm³/mol. The summed E-state index contributed by atoms with van der Waals surface area (Å²) in [7, 11) is 0. The second-order valence-electron chi connectivity index (χ2n) is 2.49. The molecule has 0 aliphatic carbocycles. The molecule has 3 heteroatoms. The largest absolute Gasteiger partial charge is 0.393 e. The highest BCUT2D eigenvalue weighted by Gasteiger charge is 2.17. The van der Waals surface area contributed by atoms with Crippen molar-refractivity contribution >= 4 is 11.9 Å². The third kappa shape index (κ3) is 2.16. The van der Waals surface area contributed by atoms with Crippen LogP contribution in [0.2, 0.25) is 0 Å². The molecule has 0 radical (unpaired) electrons. The number of nitrogens with one attached hydrogen (secondary N) is 1. The van der Waals surface area contributed by atoms with E-state index in [0.29, 0.717) is 5.92 Å². The van der Waals surface area contributed by atoms with E-state index in [1.807, 2.05) is 6.92 Å². The molecule has 0 spiro atoms. The Balaban J connectivity index is 2.23. The first-order chi connectivity index (χ1) is 4.30. The van der Waals surface area contributed by atoms with Gasteiger partial charge in [-0.2, -0.15) is 0 Å². The summed E-state index contributed by atoms with van der Waals surface area (Å²) in [6, 6.07) is 0. The molecule has 9 heavy (non-hydrogen) atoms. The molecule has 0 aromatic carbocycles. The first kappa shape index (κ1) is 7.38. The van der Waals surface area contributed by atoms with Gasteiger partial charge in [0.25, 0.3) is 0 Å². The Morgan fingerprint density at radius 3 is 2.89 bits per heavy atom. The highest BCUT2D eigenvalue weighted by atomic mass is 32.2. The minimum atomic E-state index is -0.140. The Hall–Kier alpha value is 0.270. The smallest absolute Gasteiger partial charge is 0.0553 e. The maximum Gasteiger partial charge on any atom is 0.0553 e. The van der Waals surface area contributed by atoms with Crippen molar-refractivity contribution in [2.24, 2.45) is 5.92 Å². The van der Waals surface area contributed by atoms with Crippen LogP contribution in [0.5, 0.6) is 0 Å². The standard InChI is InChI=1S/C6H13NOS/c1-5(8)6-2-3-9-7-4-6/h5-8H,2-4H2,1H3. The van der Waals surface area contributed by atoms with Crippen LogP contribution < -0.4 is 4.72 Å². The van der Waals surface area contributed by atoms with Crippen molar-refractivity contribution < 1.29 is 5.11 Å². The van der Waals surface area contributed by atoms with E-state index in [0.717, 1.165) is 18.7 Å². The van der Waals surface area contributed by atoms with Crippen LogP contribution in [0, 0.1) is 5.92 Å². The maximum absolute atomic E-state index is 9.13. The molecule has 0 saturated carbocycles. The molecule has 1 saturated heterocycles. The molecule has 0 bridgehead atoms. The van der Waals surface area contributed by atoms with E-state index >= 15 is 0 Å². The lowest BCUT2D eigenvalue weighted by atomic mass is 10.0. The zero-order valence-electron chi connectivity index (χ0n) is 5.63. The Labute approximate surface area is 60.2 Å².